The van der Waals surface area contributed by atoms with Gasteiger partial charge in [0.2, 0.25) is 5.88 Å². The lowest BCUT2D eigenvalue weighted by Gasteiger charge is -2.13. The summed E-state index contributed by atoms with van der Waals surface area (Å²) < 4.78 is 11.3. The molecule has 3 rings (SSSR count). The largest absolute Gasteiger partial charge is 0.471 e. The molecule has 0 aliphatic carbocycles. The van der Waals surface area contributed by atoms with Gasteiger partial charge in [-0.2, -0.15) is 4.98 Å². The predicted octanol–water partition coefficient (Wildman–Crippen LogP) is 3.01. The van der Waals surface area contributed by atoms with Crippen molar-refractivity contribution in [1.82, 2.24) is 9.97 Å². The molecule has 0 spiro atoms. The van der Waals surface area contributed by atoms with Crippen molar-refractivity contribution in [3.05, 3.63) is 29.0 Å². The first-order valence-corrected chi connectivity index (χ1v) is 6.84. The van der Waals surface area contributed by atoms with Crippen LogP contribution in [0, 0.1) is 0 Å². The number of benzene rings is 1. The zero-order valence-electron chi connectivity index (χ0n) is 10.7. The molecule has 0 bridgehead atoms. The molecule has 1 aromatic carbocycles. The maximum absolute atomic E-state index is 6.02. The molecule has 1 aliphatic heterocycles. The predicted molar refractivity (Wildman–Crippen MR) is 73.8 cm³/mol. The second-order valence-electron chi connectivity index (χ2n) is 4.56. The lowest BCUT2D eigenvalue weighted by atomic mass is 10.2. The van der Waals surface area contributed by atoms with E-state index in [1.54, 1.807) is 0 Å². The smallest absolute Gasteiger partial charge is 0.225 e. The molecule has 0 radical (unpaired) electrons. The van der Waals surface area contributed by atoms with Crippen LogP contribution in [0.25, 0.3) is 10.9 Å². The summed E-state index contributed by atoms with van der Waals surface area (Å²) in [6, 6.07) is 5.58. The van der Waals surface area contributed by atoms with Gasteiger partial charge < -0.3 is 9.47 Å². The van der Waals surface area contributed by atoms with Gasteiger partial charge in [-0.25, -0.2) is 4.98 Å². The highest BCUT2D eigenvalue weighted by Gasteiger charge is 2.19. The van der Waals surface area contributed by atoms with E-state index in [0.717, 1.165) is 36.2 Å². The van der Waals surface area contributed by atoms with Gasteiger partial charge in [0.05, 0.1) is 24.1 Å². The van der Waals surface area contributed by atoms with Gasteiger partial charge in [0.15, 0.2) is 0 Å². The number of ether oxygens (including phenoxy) is 2. The van der Waals surface area contributed by atoms with Gasteiger partial charge in [0.1, 0.15) is 11.9 Å². The minimum Gasteiger partial charge on any atom is -0.471 e. The second kappa shape index (κ2) is 5.31. The fourth-order valence-electron chi connectivity index (χ4n) is 2.13. The van der Waals surface area contributed by atoms with Crippen LogP contribution in [0.1, 0.15) is 19.2 Å². The molecular formula is C14H15ClN2O2. The van der Waals surface area contributed by atoms with Crippen LogP contribution in [-0.4, -0.2) is 29.3 Å². The molecule has 1 fully saturated rings. The lowest BCUT2D eigenvalue weighted by Crippen LogP contribution is -2.17. The van der Waals surface area contributed by atoms with Crippen LogP contribution in [0.4, 0.5) is 0 Å². The van der Waals surface area contributed by atoms with E-state index in [2.05, 4.69) is 9.97 Å². The molecule has 1 atom stereocenters. The summed E-state index contributed by atoms with van der Waals surface area (Å²) in [4.78, 5) is 8.96. The summed E-state index contributed by atoms with van der Waals surface area (Å²) in [5, 5.41) is 1.57. The molecule has 5 heteroatoms. The summed E-state index contributed by atoms with van der Waals surface area (Å²) in [5.74, 6) is 1.40. The monoisotopic (exact) mass is 278 g/mol. The number of hydrogen-bond acceptors (Lipinski definition) is 4. The first-order valence-electron chi connectivity index (χ1n) is 6.47. The van der Waals surface area contributed by atoms with E-state index >= 15 is 0 Å². The molecule has 4 nitrogen and oxygen atoms in total. The highest BCUT2D eigenvalue weighted by Crippen LogP contribution is 2.27. The van der Waals surface area contributed by atoms with Gasteiger partial charge in [0, 0.05) is 17.9 Å². The molecule has 1 aromatic heterocycles. The van der Waals surface area contributed by atoms with E-state index in [1.807, 2.05) is 25.1 Å². The normalized spacial score (nSPS) is 18.9. The zero-order chi connectivity index (χ0) is 13.2. The molecule has 1 unspecified atom stereocenters. The van der Waals surface area contributed by atoms with Gasteiger partial charge in [-0.15, -0.1) is 0 Å². The van der Waals surface area contributed by atoms with Crippen molar-refractivity contribution in [1.29, 1.82) is 0 Å². The number of halogens is 1. The SMILES string of the molecule is CCc1nc(OC2CCOC2)c2ccc(Cl)cc2n1. The fraction of sp³-hybridized carbons (Fsp3) is 0.429. The van der Waals surface area contributed by atoms with Crippen LogP contribution in [0.3, 0.4) is 0 Å². The molecule has 2 heterocycles. The third-order valence-corrected chi connectivity index (χ3v) is 3.39. The number of aryl methyl sites for hydroxylation is 1. The Morgan fingerprint density at radius 3 is 3.05 bits per heavy atom. The first-order chi connectivity index (χ1) is 9.26. The Kier molecular flexibility index (Phi) is 3.53. The van der Waals surface area contributed by atoms with Crippen molar-refractivity contribution >= 4 is 22.5 Å². The van der Waals surface area contributed by atoms with Crippen molar-refractivity contribution in [3.8, 4) is 5.88 Å². The quantitative estimate of drug-likeness (QED) is 0.866. The van der Waals surface area contributed by atoms with Crippen molar-refractivity contribution in [2.75, 3.05) is 13.2 Å². The van der Waals surface area contributed by atoms with Crippen molar-refractivity contribution in [3.63, 3.8) is 0 Å². The Bertz CT molecular complexity index is 597. The first kappa shape index (κ1) is 12.6. The Labute approximate surface area is 116 Å². The highest BCUT2D eigenvalue weighted by atomic mass is 35.5. The van der Waals surface area contributed by atoms with Crippen LogP contribution >= 0.6 is 11.6 Å². The van der Waals surface area contributed by atoms with E-state index in [1.165, 1.54) is 0 Å². The molecule has 1 saturated heterocycles. The summed E-state index contributed by atoms with van der Waals surface area (Å²) in [6.07, 6.45) is 1.75. The molecule has 100 valence electrons. The Balaban J connectivity index is 2.04. The third kappa shape index (κ3) is 2.65. The van der Waals surface area contributed by atoms with E-state index in [4.69, 9.17) is 21.1 Å². The number of nitrogens with zero attached hydrogens (tertiary/aromatic N) is 2. The van der Waals surface area contributed by atoms with Crippen molar-refractivity contribution < 1.29 is 9.47 Å². The number of hydrogen-bond donors (Lipinski definition) is 0. The minimum atomic E-state index is 0.0819. The molecular weight excluding hydrogens is 264 g/mol. The van der Waals surface area contributed by atoms with E-state index in [0.29, 0.717) is 17.5 Å². The maximum atomic E-state index is 6.02. The van der Waals surface area contributed by atoms with E-state index in [-0.39, 0.29) is 6.10 Å². The van der Waals surface area contributed by atoms with Gasteiger partial charge in [-0.1, -0.05) is 18.5 Å². The van der Waals surface area contributed by atoms with Crippen LogP contribution in [0.2, 0.25) is 5.02 Å². The van der Waals surface area contributed by atoms with Gasteiger partial charge in [0.25, 0.3) is 0 Å². The molecule has 0 saturated carbocycles. The summed E-state index contributed by atoms with van der Waals surface area (Å²) in [6.45, 7) is 3.40. The third-order valence-electron chi connectivity index (χ3n) is 3.15. The minimum absolute atomic E-state index is 0.0819. The molecule has 2 aromatic rings. The standard InChI is InChI=1S/C14H15ClN2O2/c1-2-13-16-12-7-9(15)3-4-11(12)14(17-13)19-10-5-6-18-8-10/h3-4,7,10H,2,5-6,8H2,1H3. The number of rotatable bonds is 3. The fourth-order valence-corrected chi connectivity index (χ4v) is 2.30. The van der Waals surface area contributed by atoms with Crippen LogP contribution < -0.4 is 4.74 Å². The molecule has 0 N–H and O–H groups in total. The van der Waals surface area contributed by atoms with E-state index in [9.17, 15) is 0 Å². The summed E-state index contributed by atoms with van der Waals surface area (Å²) in [7, 11) is 0. The molecule has 19 heavy (non-hydrogen) atoms. The second-order valence-corrected chi connectivity index (χ2v) is 5.00. The van der Waals surface area contributed by atoms with Crippen LogP contribution in [0.15, 0.2) is 18.2 Å². The van der Waals surface area contributed by atoms with Crippen LogP contribution in [0.5, 0.6) is 5.88 Å². The molecule has 1 aliphatic rings. The summed E-state index contributed by atoms with van der Waals surface area (Å²) >= 11 is 6.02. The van der Waals surface area contributed by atoms with Gasteiger partial charge in [-0.3, -0.25) is 0 Å². The van der Waals surface area contributed by atoms with Crippen molar-refractivity contribution in [2.45, 2.75) is 25.9 Å². The number of aromatic nitrogens is 2. The van der Waals surface area contributed by atoms with Crippen molar-refractivity contribution in [2.24, 2.45) is 0 Å². The van der Waals surface area contributed by atoms with E-state index < -0.39 is 0 Å². The molecule has 0 amide bonds. The summed E-state index contributed by atoms with van der Waals surface area (Å²) in [5.41, 5.74) is 0.827. The maximum Gasteiger partial charge on any atom is 0.225 e. The Hall–Kier alpha value is -1.39. The highest BCUT2D eigenvalue weighted by molar-refractivity contribution is 6.31. The average molecular weight is 279 g/mol. The van der Waals surface area contributed by atoms with Gasteiger partial charge >= 0.3 is 0 Å². The number of fused-ring (bicyclic) bond motifs is 1. The lowest BCUT2D eigenvalue weighted by molar-refractivity contribution is 0.139. The zero-order valence-corrected chi connectivity index (χ0v) is 11.5. The van der Waals surface area contributed by atoms with Gasteiger partial charge in [-0.05, 0) is 18.2 Å². The Morgan fingerprint density at radius 2 is 2.32 bits per heavy atom. The average Bonchev–Trinajstić information content (AvgIpc) is 2.90. The Morgan fingerprint density at radius 1 is 1.42 bits per heavy atom. The van der Waals surface area contributed by atoms with Crippen LogP contribution in [-0.2, 0) is 11.2 Å². The topological polar surface area (TPSA) is 44.2 Å².